The lowest BCUT2D eigenvalue weighted by Crippen LogP contribution is -2.36. The molecule has 3 unspecified atom stereocenters. The topological polar surface area (TPSA) is 21.3 Å². The van der Waals surface area contributed by atoms with Gasteiger partial charge in [0.2, 0.25) is 0 Å². The fourth-order valence-electron chi connectivity index (χ4n) is 3.35. The van der Waals surface area contributed by atoms with Gasteiger partial charge in [0, 0.05) is 19.2 Å². The molecule has 3 atom stereocenters. The van der Waals surface area contributed by atoms with Gasteiger partial charge in [-0.1, -0.05) is 6.42 Å². The lowest BCUT2D eigenvalue weighted by Gasteiger charge is -2.22. The molecule has 0 amide bonds. The fraction of sp³-hybridized carbons (Fsp3) is 1.00. The first kappa shape index (κ1) is 10.1. The van der Waals surface area contributed by atoms with Crippen molar-refractivity contribution in [3.05, 3.63) is 0 Å². The number of nitrogens with one attached hydrogen (secondary N) is 1. The van der Waals surface area contributed by atoms with E-state index in [9.17, 15) is 0 Å². The average molecular weight is 209 g/mol. The summed E-state index contributed by atoms with van der Waals surface area (Å²) in [6, 6.07) is 0.827. The van der Waals surface area contributed by atoms with Gasteiger partial charge in [0.05, 0.1) is 6.61 Å². The van der Waals surface area contributed by atoms with E-state index in [0.717, 1.165) is 43.6 Å². The summed E-state index contributed by atoms with van der Waals surface area (Å²) in [5, 5.41) is 3.68. The minimum Gasteiger partial charge on any atom is -0.380 e. The third-order valence-corrected chi connectivity index (χ3v) is 4.44. The number of ether oxygens (including phenoxy) is 1. The summed E-state index contributed by atoms with van der Waals surface area (Å²) in [5.41, 5.74) is 0. The summed E-state index contributed by atoms with van der Waals surface area (Å²) in [5.74, 6) is 2.96. The Balaban J connectivity index is 1.26. The van der Waals surface area contributed by atoms with E-state index in [2.05, 4.69) is 5.32 Å². The van der Waals surface area contributed by atoms with Gasteiger partial charge in [-0.15, -0.1) is 0 Å². The van der Waals surface area contributed by atoms with E-state index in [0.29, 0.717) is 0 Å². The Kier molecular flexibility index (Phi) is 2.98. The fourth-order valence-corrected chi connectivity index (χ4v) is 3.35. The van der Waals surface area contributed by atoms with Crippen LogP contribution in [0.5, 0.6) is 0 Å². The van der Waals surface area contributed by atoms with E-state index in [1.54, 1.807) is 0 Å². The van der Waals surface area contributed by atoms with Crippen molar-refractivity contribution in [3.8, 4) is 0 Å². The molecule has 0 heterocycles. The van der Waals surface area contributed by atoms with Crippen molar-refractivity contribution in [2.24, 2.45) is 17.8 Å². The van der Waals surface area contributed by atoms with Crippen LogP contribution >= 0.6 is 0 Å². The molecule has 3 saturated carbocycles. The minimum absolute atomic E-state index is 0.827. The van der Waals surface area contributed by atoms with Crippen LogP contribution in [0.15, 0.2) is 0 Å². The van der Waals surface area contributed by atoms with Gasteiger partial charge < -0.3 is 10.1 Å². The molecule has 3 aliphatic carbocycles. The first-order valence-corrected chi connectivity index (χ1v) is 6.73. The Bertz CT molecular complexity index is 215. The predicted molar refractivity (Wildman–Crippen MR) is 60.8 cm³/mol. The molecule has 0 saturated heterocycles. The highest BCUT2D eigenvalue weighted by Crippen LogP contribution is 2.44. The number of rotatable bonds is 6. The second-order valence-electron chi connectivity index (χ2n) is 5.75. The molecule has 0 aromatic heterocycles. The minimum atomic E-state index is 0.827. The zero-order valence-corrected chi connectivity index (χ0v) is 9.58. The zero-order valence-electron chi connectivity index (χ0n) is 9.58. The number of hydrogen-bond acceptors (Lipinski definition) is 2. The number of fused-ring (bicyclic) bond motifs is 2. The standard InChI is InChI=1S/C13H23NO/c1-2-10(1)9-15-6-5-14-13-8-11-3-4-12(13)7-11/h10-14H,1-9H2. The quantitative estimate of drug-likeness (QED) is 0.677. The van der Waals surface area contributed by atoms with Crippen LogP contribution in [0.25, 0.3) is 0 Å². The van der Waals surface area contributed by atoms with Gasteiger partial charge in [-0.2, -0.15) is 0 Å². The normalized spacial score (nSPS) is 38.8. The summed E-state index contributed by atoms with van der Waals surface area (Å²) < 4.78 is 5.63. The lowest BCUT2D eigenvalue weighted by atomic mass is 9.95. The van der Waals surface area contributed by atoms with Gasteiger partial charge in [0.15, 0.2) is 0 Å². The SMILES string of the molecule is C(COCC1CC1)NC1CC2CCC1C2. The van der Waals surface area contributed by atoms with Crippen molar-refractivity contribution in [3.63, 3.8) is 0 Å². The summed E-state index contributed by atoms with van der Waals surface area (Å²) in [4.78, 5) is 0. The Labute approximate surface area is 92.8 Å². The smallest absolute Gasteiger partial charge is 0.0591 e. The molecule has 0 aromatic carbocycles. The van der Waals surface area contributed by atoms with Crippen LogP contribution in [-0.2, 0) is 4.74 Å². The molecule has 3 aliphatic rings. The maximum atomic E-state index is 5.63. The Hall–Kier alpha value is -0.0800. The van der Waals surface area contributed by atoms with Gasteiger partial charge >= 0.3 is 0 Å². The maximum absolute atomic E-state index is 5.63. The van der Waals surface area contributed by atoms with Crippen molar-refractivity contribution < 1.29 is 4.74 Å². The van der Waals surface area contributed by atoms with E-state index in [1.807, 2.05) is 0 Å². The van der Waals surface area contributed by atoms with E-state index in [-0.39, 0.29) is 0 Å². The largest absolute Gasteiger partial charge is 0.380 e. The van der Waals surface area contributed by atoms with Gasteiger partial charge in [0.1, 0.15) is 0 Å². The van der Waals surface area contributed by atoms with E-state index < -0.39 is 0 Å². The molecule has 2 nitrogen and oxygen atoms in total. The molecule has 0 spiro atoms. The molecule has 0 aromatic rings. The van der Waals surface area contributed by atoms with E-state index >= 15 is 0 Å². The monoisotopic (exact) mass is 209 g/mol. The van der Waals surface area contributed by atoms with Crippen molar-refractivity contribution in [1.29, 1.82) is 0 Å². The molecular weight excluding hydrogens is 186 g/mol. The number of hydrogen-bond donors (Lipinski definition) is 1. The second kappa shape index (κ2) is 4.42. The molecule has 2 heteroatoms. The molecule has 3 rings (SSSR count). The molecule has 1 N–H and O–H groups in total. The van der Waals surface area contributed by atoms with E-state index in [1.165, 1.54) is 38.5 Å². The van der Waals surface area contributed by atoms with Crippen LogP contribution in [0.2, 0.25) is 0 Å². The Morgan fingerprint density at radius 1 is 1.07 bits per heavy atom. The third-order valence-electron chi connectivity index (χ3n) is 4.44. The van der Waals surface area contributed by atoms with Crippen LogP contribution in [0.4, 0.5) is 0 Å². The molecule has 15 heavy (non-hydrogen) atoms. The first-order valence-electron chi connectivity index (χ1n) is 6.73. The maximum Gasteiger partial charge on any atom is 0.0591 e. The highest BCUT2D eigenvalue weighted by Gasteiger charge is 2.38. The van der Waals surface area contributed by atoms with Crippen LogP contribution in [0.3, 0.4) is 0 Å². The summed E-state index contributed by atoms with van der Waals surface area (Å²) in [7, 11) is 0. The Morgan fingerprint density at radius 2 is 2.00 bits per heavy atom. The molecule has 3 fully saturated rings. The van der Waals surface area contributed by atoms with Crippen LogP contribution in [-0.4, -0.2) is 25.8 Å². The van der Waals surface area contributed by atoms with Crippen LogP contribution < -0.4 is 5.32 Å². The second-order valence-corrected chi connectivity index (χ2v) is 5.75. The summed E-state index contributed by atoms with van der Waals surface area (Å²) in [6.45, 7) is 3.00. The van der Waals surface area contributed by atoms with Crippen molar-refractivity contribution in [1.82, 2.24) is 5.32 Å². The van der Waals surface area contributed by atoms with Crippen LogP contribution in [0.1, 0.15) is 38.5 Å². The van der Waals surface area contributed by atoms with Gasteiger partial charge in [0.25, 0.3) is 0 Å². The molecular formula is C13H23NO. The van der Waals surface area contributed by atoms with Crippen molar-refractivity contribution in [2.75, 3.05) is 19.8 Å². The Morgan fingerprint density at radius 3 is 2.67 bits per heavy atom. The lowest BCUT2D eigenvalue weighted by molar-refractivity contribution is 0.122. The summed E-state index contributed by atoms with van der Waals surface area (Å²) in [6.07, 6.45) is 8.72. The van der Waals surface area contributed by atoms with Crippen molar-refractivity contribution >= 4 is 0 Å². The van der Waals surface area contributed by atoms with Crippen LogP contribution in [0, 0.1) is 17.8 Å². The van der Waals surface area contributed by atoms with E-state index in [4.69, 9.17) is 4.74 Å². The third kappa shape index (κ3) is 2.54. The highest BCUT2D eigenvalue weighted by molar-refractivity contribution is 4.93. The molecule has 0 aliphatic heterocycles. The first-order chi connectivity index (χ1) is 7.42. The average Bonchev–Trinajstić information content (AvgIpc) is 2.84. The van der Waals surface area contributed by atoms with Crippen molar-refractivity contribution in [2.45, 2.75) is 44.6 Å². The molecule has 0 radical (unpaired) electrons. The van der Waals surface area contributed by atoms with Gasteiger partial charge in [-0.25, -0.2) is 0 Å². The zero-order chi connectivity index (χ0) is 10.1. The summed E-state index contributed by atoms with van der Waals surface area (Å²) >= 11 is 0. The predicted octanol–water partition coefficient (Wildman–Crippen LogP) is 2.19. The highest BCUT2D eigenvalue weighted by atomic mass is 16.5. The molecule has 86 valence electrons. The van der Waals surface area contributed by atoms with Gasteiger partial charge in [-0.05, 0) is 49.9 Å². The molecule has 2 bridgehead atoms. The van der Waals surface area contributed by atoms with Gasteiger partial charge in [-0.3, -0.25) is 0 Å².